The minimum atomic E-state index is 0.345. The second kappa shape index (κ2) is 13.5. The third-order valence-corrected chi connectivity index (χ3v) is 6.31. The van der Waals surface area contributed by atoms with Gasteiger partial charge in [-0.3, -0.25) is 4.99 Å². The lowest BCUT2D eigenvalue weighted by atomic mass is 9.83. The van der Waals surface area contributed by atoms with Crippen molar-refractivity contribution >= 4 is 5.96 Å². The molecule has 6 nitrogen and oxygen atoms in total. The smallest absolute Gasteiger partial charge is 0.191 e. The van der Waals surface area contributed by atoms with Gasteiger partial charge in [0, 0.05) is 40.4 Å². The minimum Gasteiger partial charge on any atom is -0.492 e. The van der Waals surface area contributed by atoms with Crippen LogP contribution in [-0.2, 0) is 11.3 Å². The fraction of sp³-hybridized carbons (Fsp3) is 0.708. The van der Waals surface area contributed by atoms with Crippen LogP contribution in [0.5, 0.6) is 5.75 Å². The number of aliphatic imine (C=N–C) groups is 1. The normalized spacial score (nSPS) is 16.1. The van der Waals surface area contributed by atoms with Gasteiger partial charge in [0.25, 0.3) is 0 Å². The third-order valence-electron chi connectivity index (χ3n) is 6.31. The van der Waals surface area contributed by atoms with Crippen LogP contribution in [0.1, 0.15) is 51.5 Å². The van der Waals surface area contributed by atoms with Crippen molar-refractivity contribution in [2.24, 2.45) is 10.4 Å². The van der Waals surface area contributed by atoms with E-state index in [0.717, 1.165) is 64.1 Å². The van der Waals surface area contributed by atoms with Gasteiger partial charge in [-0.2, -0.15) is 0 Å². The average molecular weight is 419 g/mol. The molecule has 0 amide bonds. The van der Waals surface area contributed by atoms with Crippen LogP contribution >= 0.6 is 0 Å². The second-order valence-electron chi connectivity index (χ2n) is 8.25. The van der Waals surface area contributed by atoms with Crippen molar-refractivity contribution in [2.45, 2.75) is 52.5 Å². The van der Waals surface area contributed by atoms with Crippen LogP contribution in [0.4, 0.5) is 0 Å². The van der Waals surface area contributed by atoms with Gasteiger partial charge in [-0.1, -0.05) is 38.8 Å². The van der Waals surface area contributed by atoms with Gasteiger partial charge in [0.2, 0.25) is 0 Å². The van der Waals surface area contributed by atoms with E-state index in [1.165, 1.54) is 31.2 Å². The molecule has 0 aliphatic heterocycles. The lowest BCUT2D eigenvalue weighted by Gasteiger charge is -2.30. The van der Waals surface area contributed by atoms with Gasteiger partial charge in [-0.15, -0.1) is 0 Å². The summed E-state index contributed by atoms with van der Waals surface area (Å²) in [5, 5.41) is 6.98. The van der Waals surface area contributed by atoms with E-state index >= 15 is 0 Å². The lowest BCUT2D eigenvalue weighted by Crippen LogP contribution is -2.43. The van der Waals surface area contributed by atoms with Gasteiger partial charge >= 0.3 is 0 Å². The zero-order chi connectivity index (χ0) is 21.7. The first kappa shape index (κ1) is 24.5. The molecule has 1 aliphatic rings. The number of nitrogens with one attached hydrogen (secondary N) is 2. The molecule has 1 fully saturated rings. The molecule has 0 heterocycles. The molecule has 170 valence electrons. The number of hydrogen-bond acceptors (Lipinski definition) is 4. The molecule has 1 aromatic carbocycles. The number of nitrogens with zero attached hydrogens (tertiary/aromatic N) is 2. The molecule has 2 rings (SSSR count). The highest BCUT2D eigenvalue weighted by molar-refractivity contribution is 5.79. The molecule has 0 atom stereocenters. The predicted molar refractivity (Wildman–Crippen MR) is 125 cm³/mol. The predicted octanol–water partition coefficient (Wildman–Crippen LogP) is 3.67. The number of rotatable bonds is 13. The van der Waals surface area contributed by atoms with Crippen LogP contribution in [0.15, 0.2) is 29.3 Å². The van der Waals surface area contributed by atoms with E-state index in [0.29, 0.717) is 5.41 Å². The molecular weight excluding hydrogens is 376 g/mol. The summed E-state index contributed by atoms with van der Waals surface area (Å²) in [5.41, 5.74) is 1.56. The highest BCUT2D eigenvalue weighted by Gasteiger charge is 2.33. The number of likely N-dealkylation sites (N-methyl/N-ethyl adjacent to an activating group) is 1. The summed E-state index contributed by atoms with van der Waals surface area (Å²) >= 11 is 0. The number of hydrogen-bond donors (Lipinski definition) is 2. The van der Waals surface area contributed by atoms with E-state index in [4.69, 9.17) is 9.47 Å². The molecule has 0 radical (unpaired) electrons. The summed E-state index contributed by atoms with van der Waals surface area (Å²) in [6.07, 6.45) is 6.30. The fourth-order valence-electron chi connectivity index (χ4n) is 4.17. The highest BCUT2D eigenvalue weighted by Crippen LogP contribution is 2.40. The monoisotopic (exact) mass is 418 g/mol. The van der Waals surface area contributed by atoms with Crippen LogP contribution in [0.2, 0.25) is 0 Å². The maximum atomic E-state index is 5.87. The molecule has 2 N–H and O–H groups in total. The summed E-state index contributed by atoms with van der Waals surface area (Å²) < 4.78 is 11.2. The zero-order valence-electron chi connectivity index (χ0n) is 19.5. The Kier molecular flexibility index (Phi) is 11.0. The molecular formula is C24H42N4O2. The maximum absolute atomic E-state index is 5.87. The Bertz CT molecular complexity index is 608. The van der Waals surface area contributed by atoms with Gasteiger partial charge in [0.1, 0.15) is 12.4 Å². The number of ether oxygens (including phenoxy) is 2. The molecule has 30 heavy (non-hydrogen) atoms. The van der Waals surface area contributed by atoms with E-state index < -0.39 is 0 Å². The van der Waals surface area contributed by atoms with Crippen molar-refractivity contribution in [1.29, 1.82) is 0 Å². The van der Waals surface area contributed by atoms with E-state index in [1.807, 2.05) is 19.2 Å². The van der Waals surface area contributed by atoms with Crippen molar-refractivity contribution in [3.05, 3.63) is 29.8 Å². The van der Waals surface area contributed by atoms with Crippen LogP contribution in [0.25, 0.3) is 0 Å². The lowest BCUT2D eigenvalue weighted by molar-refractivity contribution is 0.138. The molecule has 1 aliphatic carbocycles. The van der Waals surface area contributed by atoms with Gasteiger partial charge in [-0.05, 0) is 55.5 Å². The molecule has 6 heteroatoms. The Morgan fingerprint density at radius 2 is 1.77 bits per heavy atom. The third kappa shape index (κ3) is 8.15. The summed E-state index contributed by atoms with van der Waals surface area (Å²) in [6.45, 7) is 10.7. The fourth-order valence-corrected chi connectivity index (χ4v) is 4.17. The van der Waals surface area contributed by atoms with Crippen molar-refractivity contribution < 1.29 is 9.47 Å². The van der Waals surface area contributed by atoms with Gasteiger partial charge in [-0.25, -0.2) is 0 Å². The van der Waals surface area contributed by atoms with E-state index in [-0.39, 0.29) is 0 Å². The van der Waals surface area contributed by atoms with Gasteiger partial charge < -0.3 is 25.0 Å². The first-order valence-corrected chi connectivity index (χ1v) is 11.5. The van der Waals surface area contributed by atoms with Gasteiger partial charge in [0.05, 0.1) is 0 Å². The molecule has 0 spiro atoms. The molecule has 0 unspecified atom stereocenters. The van der Waals surface area contributed by atoms with Crippen molar-refractivity contribution in [3.63, 3.8) is 0 Å². The highest BCUT2D eigenvalue weighted by atomic mass is 16.5. The number of guanidine groups is 1. The van der Waals surface area contributed by atoms with E-state index in [2.05, 4.69) is 46.5 Å². The summed E-state index contributed by atoms with van der Waals surface area (Å²) in [7, 11) is 3.62. The first-order chi connectivity index (χ1) is 14.6. The first-order valence-electron chi connectivity index (χ1n) is 11.5. The van der Waals surface area contributed by atoms with Crippen molar-refractivity contribution in [2.75, 3.05) is 53.6 Å². The van der Waals surface area contributed by atoms with Crippen molar-refractivity contribution in [1.82, 2.24) is 15.5 Å². The Hall–Kier alpha value is -1.79. The molecule has 1 aromatic rings. The standard InChI is InChI=1S/C24H42N4O2/c1-5-28(6-2)16-18-30-22-11-9-21(10-12-22)19-26-23(25-3)27-20-24(15-17-29-4)13-7-8-14-24/h9-12H,5-8,13-20H2,1-4H3,(H2,25,26,27). The van der Waals surface area contributed by atoms with Crippen LogP contribution < -0.4 is 15.4 Å². The quantitative estimate of drug-likeness (QED) is 0.378. The van der Waals surface area contributed by atoms with E-state index in [1.54, 1.807) is 7.11 Å². The number of methoxy groups -OCH3 is 1. The summed E-state index contributed by atoms with van der Waals surface area (Å²) in [4.78, 5) is 6.76. The summed E-state index contributed by atoms with van der Waals surface area (Å²) in [5.74, 6) is 1.79. The Morgan fingerprint density at radius 3 is 2.37 bits per heavy atom. The summed E-state index contributed by atoms with van der Waals surface area (Å²) in [6, 6.07) is 8.33. The maximum Gasteiger partial charge on any atom is 0.191 e. The molecule has 0 saturated heterocycles. The molecule has 1 saturated carbocycles. The van der Waals surface area contributed by atoms with Crippen LogP contribution in [0, 0.1) is 5.41 Å². The van der Waals surface area contributed by atoms with E-state index in [9.17, 15) is 0 Å². The molecule has 0 bridgehead atoms. The SMILES string of the molecule is CCN(CC)CCOc1ccc(CNC(=NC)NCC2(CCOC)CCCC2)cc1. The largest absolute Gasteiger partial charge is 0.492 e. The Balaban J connectivity index is 1.75. The Morgan fingerprint density at radius 1 is 1.07 bits per heavy atom. The van der Waals surface area contributed by atoms with Crippen LogP contribution in [0.3, 0.4) is 0 Å². The minimum absolute atomic E-state index is 0.345. The molecule has 0 aromatic heterocycles. The number of benzene rings is 1. The second-order valence-corrected chi connectivity index (χ2v) is 8.25. The van der Waals surface area contributed by atoms with Gasteiger partial charge in [0.15, 0.2) is 5.96 Å². The van der Waals surface area contributed by atoms with Crippen LogP contribution in [-0.4, -0.2) is 64.4 Å². The average Bonchev–Trinajstić information content (AvgIpc) is 3.25. The zero-order valence-corrected chi connectivity index (χ0v) is 19.5. The van der Waals surface area contributed by atoms with Crippen molar-refractivity contribution in [3.8, 4) is 5.75 Å². The Labute approximate surface area is 183 Å². The topological polar surface area (TPSA) is 58.1 Å².